The summed E-state index contributed by atoms with van der Waals surface area (Å²) in [5.74, 6) is -3.77. The van der Waals surface area contributed by atoms with Crippen LogP contribution in [0.4, 0.5) is 0 Å². The number of primary amides is 1. The average molecular weight is 460 g/mol. The second kappa shape index (κ2) is 12.5. The normalized spacial score (nSPS) is 19.7. The third-order valence-corrected chi connectivity index (χ3v) is 5.86. The highest BCUT2D eigenvalue weighted by Crippen LogP contribution is 2.19. The van der Waals surface area contributed by atoms with E-state index in [1.54, 1.807) is 0 Å². The van der Waals surface area contributed by atoms with Crippen LogP contribution in [0.3, 0.4) is 0 Å². The van der Waals surface area contributed by atoms with Crippen LogP contribution in [0.2, 0.25) is 0 Å². The molecule has 0 radical (unpaired) electrons. The summed E-state index contributed by atoms with van der Waals surface area (Å²) in [4.78, 5) is 61.8. The first kappa shape index (κ1) is 26.7. The predicted molar refractivity (Wildman–Crippen MR) is 116 cm³/mol. The number of carboxylic acids is 1. The van der Waals surface area contributed by atoms with E-state index < -0.39 is 53.8 Å². The Balaban J connectivity index is 2.92. The van der Waals surface area contributed by atoms with Crippen LogP contribution < -0.4 is 22.1 Å². The minimum atomic E-state index is -1.16. The molecule has 1 aliphatic rings. The van der Waals surface area contributed by atoms with Crippen LogP contribution in [0.25, 0.3) is 0 Å². The molecule has 0 aromatic rings. The Labute approximate surface area is 187 Å². The number of rotatable bonds is 12. The van der Waals surface area contributed by atoms with Crippen LogP contribution >= 0.6 is 12.6 Å². The van der Waals surface area contributed by atoms with Gasteiger partial charge in [-0.2, -0.15) is 12.6 Å². The number of nitrogens with two attached hydrogens (primary N) is 2. The number of carbonyl (C=O) groups is 5. The van der Waals surface area contributed by atoms with E-state index in [9.17, 15) is 29.1 Å². The lowest BCUT2D eigenvalue weighted by Crippen LogP contribution is -2.58. The summed E-state index contributed by atoms with van der Waals surface area (Å²) in [6.45, 7) is 3.93. The molecule has 0 aromatic carbocycles. The molecule has 0 spiro atoms. The SMILES string of the molecule is CCC(C)C(N)C(=O)NC(CS)C(=O)NC(CCC(N)=O)C(=O)N1CCCC1C(=O)O. The van der Waals surface area contributed by atoms with E-state index in [4.69, 9.17) is 11.5 Å². The van der Waals surface area contributed by atoms with Gasteiger partial charge in [0.15, 0.2) is 0 Å². The van der Waals surface area contributed by atoms with Crippen molar-refractivity contribution in [3.63, 3.8) is 0 Å². The molecule has 1 saturated heterocycles. The maximum atomic E-state index is 12.9. The minimum absolute atomic E-state index is 0.0526. The molecule has 5 atom stereocenters. The highest BCUT2D eigenvalue weighted by molar-refractivity contribution is 7.80. The van der Waals surface area contributed by atoms with Gasteiger partial charge in [-0.1, -0.05) is 20.3 Å². The van der Waals surface area contributed by atoms with Gasteiger partial charge in [0.05, 0.1) is 6.04 Å². The zero-order valence-electron chi connectivity index (χ0n) is 17.9. The van der Waals surface area contributed by atoms with E-state index in [-0.39, 0.29) is 31.1 Å². The number of hydrogen-bond donors (Lipinski definition) is 6. The Morgan fingerprint density at radius 1 is 1.16 bits per heavy atom. The predicted octanol–water partition coefficient (Wildman–Crippen LogP) is -1.40. The lowest BCUT2D eigenvalue weighted by atomic mass is 9.99. The second-order valence-electron chi connectivity index (χ2n) is 7.75. The molecule has 12 heteroatoms. The van der Waals surface area contributed by atoms with E-state index in [1.807, 2.05) is 13.8 Å². The van der Waals surface area contributed by atoms with E-state index in [2.05, 4.69) is 23.3 Å². The zero-order valence-corrected chi connectivity index (χ0v) is 18.8. The average Bonchev–Trinajstić information content (AvgIpc) is 3.22. The molecule has 11 nitrogen and oxygen atoms in total. The van der Waals surface area contributed by atoms with E-state index in [1.165, 1.54) is 4.90 Å². The molecular formula is C19H33N5O6S. The zero-order chi connectivity index (χ0) is 23.7. The van der Waals surface area contributed by atoms with Gasteiger partial charge in [-0.05, 0) is 25.2 Å². The van der Waals surface area contributed by atoms with Crippen molar-refractivity contribution in [3.8, 4) is 0 Å². The van der Waals surface area contributed by atoms with Gasteiger partial charge in [0.2, 0.25) is 23.6 Å². The van der Waals surface area contributed by atoms with Gasteiger partial charge in [-0.25, -0.2) is 4.79 Å². The fourth-order valence-electron chi connectivity index (χ4n) is 3.28. The first-order valence-electron chi connectivity index (χ1n) is 10.3. The largest absolute Gasteiger partial charge is 0.480 e. The van der Waals surface area contributed by atoms with Crippen LogP contribution in [0, 0.1) is 5.92 Å². The molecule has 176 valence electrons. The Morgan fingerprint density at radius 3 is 2.29 bits per heavy atom. The summed E-state index contributed by atoms with van der Waals surface area (Å²) >= 11 is 4.10. The Bertz CT molecular complexity index is 691. The van der Waals surface area contributed by atoms with Gasteiger partial charge < -0.3 is 32.1 Å². The lowest BCUT2D eigenvalue weighted by Gasteiger charge is -2.28. The Hall–Kier alpha value is -2.34. The van der Waals surface area contributed by atoms with Crippen LogP contribution in [-0.4, -0.2) is 76.1 Å². The number of likely N-dealkylation sites (tertiary alicyclic amines) is 1. The monoisotopic (exact) mass is 459 g/mol. The number of nitrogens with zero attached hydrogens (tertiary/aromatic N) is 1. The van der Waals surface area contributed by atoms with Crippen molar-refractivity contribution in [1.29, 1.82) is 0 Å². The smallest absolute Gasteiger partial charge is 0.326 e. The van der Waals surface area contributed by atoms with Gasteiger partial charge >= 0.3 is 5.97 Å². The highest BCUT2D eigenvalue weighted by Gasteiger charge is 2.38. The van der Waals surface area contributed by atoms with Crippen molar-refractivity contribution in [1.82, 2.24) is 15.5 Å². The van der Waals surface area contributed by atoms with Gasteiger partial charge in [0.25, 0.3) is 0 Å². The molecule has 5 unspecified atom stereocenters. The molecule has 1 aliphatic heterocycles. The van der Waals surface area contributed by atoms with Crippen molar-refractivity contribution in [3.05, 3.63) is 0 Å². The number of hydrogen-bond acceptors (Lipinski definition) is 7. The minimum Gasteiger partial charge on any atom is -0.480 e. The molecule has 1 fully saturated rings. The molecule has 0 bridgehead atoms. The molecule has 0 aromatic heterocycles. The third kappa shape index (κ3) is 7.69. The fourth-order valence-corrected chi connectivity index (χ4v) is 3.54. The van der Waals surface area contributed by atoms with Gasteiger partial charge in [-0.15, -0.1) is 0 Å². The van der Waals surface area contributed by atoms with Gasteiger partial charge in [-0.3, -0.25) is 19.2 Å². The third-order valence-electron chi connectivity index (χ3n) is 5.49. The number of carbonyl (C=O) groups excluding carboxylic acids is 4. The molecule has 1 rings (SSSR count). The van der Waals surface area contributed by atoms with Crippen molar-refractivity contribution in [2.24, 2.45) is 17.4 Å². The summed E-state index contributed by atoms with van der Waals surface area (Å²) in [5.41, 5.74) is 11.1. The molecular weight excluding hydrogens is 426 g/mol. The first-order chi connectivity index (χ1) is 14.5. The molecule has 7 N–H and O–H groups in total. The standard InChI is InChI=1S/C19H33N5O6S/c1-3-10(2)15(21)17(27)23-12(9-31)16(26)22-11(6-7-14(20)25)18(28)24-8-4-5-13(24)19(29)30/h10-13,15,31H,3-9,21H2,1-2H3,(H2,20,25)(H,22,26)(H,23,27)(H,29,30). The topological polar surface area (TPSA) is 185 Å². The van der Waals surface area contributed by atoms with Crippen LogP contribution in [0.5, 0.6) is 0 Å². The van der Waals surface area contributed by atoms with Crippen LogP contribution in [0.1, 0.15) is 46.0 Å². The summed E-state index contributed by atoms with van der Waals surface area (Å²) in [6, 6.07) is -4.03. The number of aliphatic carboxylic acids is 1. The van der Waals surface area contributed by atoms with E-state index >= 15 is 0 Å². The van der Waals surface area contributed by atoms with Crippen LogP contribution in [0.15, 0.2) is 0 Å². The van der Waals surface area contributed by atoms with Gasteiger partial charge in [0, 0.05) is 18.7 Å². The number of amides is 4. The molecule has 0 saturated carbocycles. The summed E-state index contributed by atoms with van der Waals surface area (Å²) in [7, 11) is 0. The fraction of sp³-hybridized carbons (Fsp3) is 0.737. The summed E-state index contributed by atoms with van der Waals surface area (Å²) < 4.78 is 0. The summed E-state index contributed by atoms with van der Waals surface area (Å²) in [6.07, 6.45) is 1.22. The molecule has 1 heterocycles. The van der Waals surface area contributed by atoms with Gasteiger partial charge in [0.1, 0.15) is 18.1 Å². The Morgan fingerprint density at radius 2 is 1.77 bits per heavy atom. The van der Waals surface area contributed by atoms with Crippen molar-refractivity contribution < 1.29 is 29.1 Å². The van der Waals surface area contributed by atoms with Crippen LogP contribution in [-0.2, 0) is 24.0 Å². The van der Waals surface area contributed by atoms with Crippen molar-refractivity contribution >= 4 is 42.2 Å². The molecule has 0 aliphatic carbocycles. The van der Waals surface area contributed by atoms with Crippen molar-refractivity contribution in [2.45, 2.75) is 70.1 Å². The second-order valence-corrected chi connectivity index (χ2v) is 8.11. The molecule has 31 heavy (non-hydrogen) atoms. The Kier molecular flexibility index (Phi) is 10.8. The van der Waals surface area contributed by atoms with E-state index in [0.29, 0.717) is 19.3 Å². The number of carboxylic acid groups (broad SMARTS) is 1. The lowest BCUT2D eigenvalue weighted by molar-refractivity contribution is -0.149. The quantitative estimate of drug-likeness (QED) is 0.194. The van der Waals surface area contributed by atoms with E-state index in [0.717, 1.165) is 0 Å². The summed E-state index contributed by atoms with van der Waals surface area (Å²) in [5, 5.41) is 14.4. The molecule has 4 amide bonds. The maximum Gasteiger partial charge on any atom is 0.326 e. The maximum absolute atomic E-state index is 12.9. The highest BCUT2D eigenvalue weighted by atomic mass is 32.1. The van der Waals surface area contributed by atoms with Crippen molar-refractivity contribution in [2.75, 3.05) is 12.3 Å². The number of nitrogens with one attached hydrogen (secondary N) is 2. The number of thiol groups is 1. The first-order valence-corrected chi connectivity index (χ1v) is 10.9.